The zero-order valence-electron chi connectivity index (χ0n) is 22.8. The number of imidazole rings is 1. The van der Waals surface area contributed by atoms with Gasteiger partial charge in [0, 0.05) is 44.1 Å². The number of piperazine rings is 1. The normalized spacial score (nSPS) is 15.8. The van der Waals surface area contributed by atoms with Crippen LogP contribution in [-0.4, -0.2) is 93.8 Å². The predicted molar refractivity (Wildman–Crippen MR) is 156 cm³/mol. The van der Waals surface area contributed by atoms with Crippen LogP contribution in [0.1, 0.15) is 25.3 Å². The Bertz CT molecular complexity index is 1480. The van der Waals surface area contributed by atoms with Crippen LogP contribution in [0.25, 0.3) is 39.2 Å². The Hall–Kier alpha value is -3.82. The number of likely N-dealkylation sites (N-methyl/N-ethyl adjacent to an activating group) is 1. The van der Waals surface area contributed by atoms with E-state index in [2.05, 4.69) is 92.7 Å². The molecule has 0 spiro atoms. The summed E-state index contributed by atoms with van der Waals surface area (Å²) < 4.78 is 0. The first-order valence-corrected chi connectivity index (χ1v) is 13.2. The number of fused-ring (bicyclic) bond motifs is 2. The number of aromatic nitrogens is 6. The number of allylic oxidation sites excluding steroid dienone is 5. The molecule has 0 aromatic carbocycles. The number of H-pyrrole nitrogens is 2. The molecule has 0 unspecified atom stereocenters. The fraction of sp³-hybridized carbons (Fsp3) is 0.379. The maximum atomic E-state index is 4.99. The second kappa shape index (κ2) is 11.3. The Morgan fingerprint density at radius 1 is 1.18 bits per heavy atom. The van der Waals surface area contributed by atoms with Crippen molar-refractivity contribution in [3.63, 3.8) is 0 Å². The lowest BCUT2D eigenvalue weighted by atomic mass is 10.0. The molecule has 2 N–H and O–H groups in total. The van der Waals surface area contributed by atoms with Crippen LogP contribution in [0.15, 0.2) is 54.9 Å². The molecule has 1 aliphatic rings. The molecular formula is C29H37N9. The predicted octanol–water partition coefficient (Wildman–Crippen LogP) is 4.51. The summed E-state index contributed by atoms with van der Waals surface area (Å²) in [4.78, 5) is 24.7. The molecule has 4 aromatic heterocycles. The minimum Gasteiger partial charge on any atom is -0.352 e. The van der Waals surface area contributed by atoms with Gasteiger partial charge in [-0.2, -0.15) is 5.10 Å². The molecule has 198 valence electrons. The quantitative estimate of drug-likeness (QED) is 0.320. The lowest BCUT2D eigenvalue weighted by Gasteiger charge is -2.33. The van der Waals surface area contributed by atoms with Crippen molar-refractivity contribution in [1.82, 2.24) is 39.9 Å². The van der Waals surface area contributed by atoms with Gasteiger partial charge in [-0.3, -0.25) is 5.10 Å². The maximum absolute atomic E-state index is 4.99. The van der Waals surface area contributed by atoms with Crippen molar-refractivity contribution in [2.75, 3.05) is 58.8 Å². The lowest BCUT2D eigenvalue weighted by molar-refractivity contribution is 0.312. The lowest BCUT2D eigenvalue weighted by Crippen LogP contribution is -2.44. The summed E-state index contributed by atoms with van der Waals surface area (Å²) >= 11 is 0. The molecule has 9 heteroatoms. The number of hydrogen-bond donors (Lipinski definition) is 2. The van der Waals surface area contributed by atoms with E-state index in [1.54, 1.807) is 0 Å². The second-order valence-corrected chi connectivity index (χ2v) is 10.2. The van der Waals surface area contributed by atoms with E-state index in [-0.39, 0.29) is 0 Å². The van der Waals surface area contributed by atoms with Crippen LogP contribution < -0.4 is 4.90 Å². The number of anilines is 1. The second-order valence-electron chi connectivity index (χ2n) is 10.2. The van der Waals surface area contributed by atoms with E-state index < -0.39 is 0 Å². The molecule has 5 heterocycles. The van der Waals surface area contributed by atoms with E-state index in [9.17, 15) is 0 Å². The highest BCUT2D eigenvalue weighted by molar-refractivity contribution is 5.95. The molecule has 0 bridgehead atoms. The van der Waals surface area contributed by atoms with Gasteiger partial charge in [0.2, 0.25) is 0 Å². The van der Waals surface area contributed by atoms with Gasteiger partial charge in [0.05, 0.1) is 10.9 Å². The topological polar surface area (TPSA) is 92.9 Å². The first-order chi connectivity index (χ1) is 18.5. The van der Waals surface area contributed by atoms with Gasteiger partial charge < -0.3 is 19.7 Å². The standard InChI is InChI=1S/C29H37N9/c1-6-20(9-8-12-36(3)4)17-21(7-2)22-18-23-25(34-35-27(23)31-19-22)28-32-24-10-11-30-29(26(24)33-28)38-15-13-37(5)14-16-38/h6-7,10-11,17-19H,1,8-9,12-16H2,2-5H3,(H,32,33)(H,31,34,35)/b20-17+,21-7+. The SMILES string of the molecule is C=C/C(=C\C(=C/C)c1cnc2n[nH]c(-c3nc4c(N5CCN(C)CC5)nccc4[nH]3)c2c1)CCCN(C)C. The van der Waals surface area contributed by atoms with E-state index in [1.807, 2.05) is 24.5 Å². The van der Waals surface area contributed by atoms with Gasteiger partial charge in [0.1, 0.15) is 11.2 Å². The van der Waals surface area contributed by atoms with E-state index >= 15 is 0 Å². The Morgan fingerprint density at radius 2 is 2.00 bits per heavy atom. The summed E-state index contributed by atoms with van der Waals surface area (Å²) in [5, 5.41) is 8.56. The number of aromatic amines is 2. The minimum atomic E-state index is 0.663. The smallest absolute Gasteiger partial charge is 0.181 e. The number of pyridine rings is 2. The van der Waals surface area contributed by atoms with Crippen LogP contribution in [0.4, 0.5) is 5.82 Å². The minimum absolute atomic E-state index is 0.663. The van der Waals surface area contributed by atoms with Crippen molar-refractivity contribution in [3.8, 4) is 11.5 Å². The Balaban J connectivity index is 1.47. The average molecular weight is 512 g/mol. The van der Waals surface area contributed by atoms with E-state index in [1.165, 1.54) is 5.57 Å². The summed E-state index contributed by atoms with van der Waals surface area (Å²) in [6, 6.07) is 4.11. The first kappa shape index (κ1) is 25.8. The molecule has 1 fully saturated rings. The Morgan fingerprint density at radius 3 is 2.74 bits per heavy atom. The first-order valence-electron chi connectivity index (χ1n) is 13.2. The van der Waals surface area contributed by atoms with Gasteiger partial charge in [0.15, 0.2) is 17.3 Å². The third-order valence-electron chi connectivity index (χ3n) is 7.15. The zero-order valence-corrected chi connectivity index (χ0v) is 22.8. The third-order valence-corrected chi connectivity index (χ3v) is 7.15. The summed E-state index contributed by atoms with van der Waals surface area (Å²) in [6.45, 7) is 11.0. The highest BCUT2D eigenvalue weighted by Gasteiger charge is 2.21. The van der Waals surface area contributed by atoms with Crippen molar-refractivity contribution >= 4 is 33.5 Å². The van der Waals surface area contributed by atoms with Crippen LogP contribution in [0.2, 0.25) is 0 Å². The monoisotopic (exact) mass is 511 g/mol. The fourth-order valence-electron chi connectivity index (χ4n) is 4.89. The third kappa shape index (κ3) is 5.39. The number of hydrogen-bond acceptors (Lipinski definition) is 7. The largest absolute Gasteiger partial charge is 0.352 e. The van der Waals surface area contributed by atoms with E-state index in [0.717, 1.165) is 90.5 Å². The molecule has 0 radical (unpaired) electrons. The molecule has 0 saturated carbocycles. The fourth-order valence-corrected chi connectivity index (χ4v) is 4.89. The van der Waals surface area contributed by atoms with Crippen molar-refractivity contribution in [2.45, 2.75) is 19.8 Å². The highest BCUT2D eigenvalue weighted by atomic mass is 15.3. The Labute approximate surface area is 224 Å². The van der Waals surface area contributed by atoms with Gasteiger partial charge in [-0.1, -0.05) is 24.8 Å². The van der Waals surface area contributed by atoms with Gasteiger partial charge in [-0.05, 0) is 70.7 Å². The summed E-state index contributed by atoms with van der Waals surface area (Å²) in [5.74, 6) is 1.66. The van der Waals surface area contributed by atoms with Crippen LogP contribution in [0.3, 0.4) is 0 Å². The summed E-state index contributed by atoms with van der Waals surface area (Å²) in [5.41, 5.74) is 6.68. The molecule has 0 atom stereocenters. The molecule has 1 aliphatic heterocycles. The highest BCUT2D eigenvalue weighted by Crippen LogP contribution is 2.31. The van der Waals surface area contributed by atoms with Crippen molar-refractivity contribution < 1.29 is 0 Å². The molecule has 1 saturated heterocycles. The van der Waals surface area contributed by atoms with E-state index in [0.29, 0.717) is 5.65 Å². The van der Waals surface area contributed by atoms with E-state index in [4.69, 9.17) is 4.98 Å². The maximum Gasteiger partial charge on any atom is 0.181 e. The number of rotatable bonds is 9. The van der Waals surface area contributed by atoms with Gasteiger partial charge in [-0.15, -0.1) is 0 Å². The van der Waals surface area contributed by atoms with Crippen molar-refractivity contribution in [2.24, 2.45) is 0 Å². The van der Waals surface area contributed by atoms with Crippen molar-refractivity contribution in [3.05, 3.63) is 60.5 Å². The molecule has 9 nitrogen and oxygen atoms in total. The van der Waals surface area contributed by atoms with Crippen LogP contribution in [-0.2, 0) is 0 Å². The molecule has 5 rings (SSSR count). The van der Waals surface area contributed by atoms with Gasteiger partial charge in [-0.25, -0.2) is 15.0 Å². The molecule has 0 aliphatic carbocycles. The average Bonchev–Trinajstić information content (AvgIpc) is 3.54. The van der Waals surface area contributed by atoms with Gasteiger partial charge >= 0.3 is 0 Å². The Kier molecular flexibility index (Phi) is 7.67. The van der Waals surface area contributed by atoms with Gasteiger partial charge in [0.25, 0.3) is 0 Å². The molecular weight excluding hydrogens is 474 g/mol. The number of nitrogens with zero attached hydrogens (tertiary/aromatic N) is 7. The number of nitrogens with one attached hydrogen (secondary N) is 2. The molecule has 0 amide bonds. The molecule has 38 heavy (non-hydrogen) atoms. The van der Waals surface area contributed by atoms with Crippen LogP contribution in [0, 0.1) is 0 Å². The zero-order chi connectivity index (χ0) is 26.6. The van der Waals surface area contributed by atoms with Crippen LogP contribution >= 0.6 is 0 Å². The van der Waals surface area contributed by atoms with Crippen LogP contribution in [0.5, 0.6) is 0 Å². The summed E-state index contributed by atoms with van der Waals surface area (Å²) in [6.07, 6.45) is 12.1. The summed E-state index contributed by atoms with van der Waals surface area (Å²) in [7, 11) is 6.36. The molecule has 4 aromatic rings. The van der Waals surface area contributed by atoms with Crippen molar-refractivity contribution in [1.29, 1.82) is 0 Å².